The van der Waals surface area contributed by atoms with Crippen molar-refractivity contribution < 1.29 is 24.2 Å². The lowest BCUT2D eigenvalue weighted by Gasteiger charge is -2.26. The summed E-state index contributed by atoms with van der Waals surface area (Å²) in [7, 11) is 0. The molecule has 1 unspecified atom stereocenters. The van der Waals surface area contributed by atoms with Crippen LogP contribution in [0.5, 0.6) is 0 Å². The van der Waals surface area contributed by atoms with Crippen LogP contribution in [0.15, 0.2) is 6.07 Å². The summed E-state index contributed by atoms with van der Waals surface area (Å²) in [6.07, 6.45) is 2.09. The highest BCUT2D eigenvalue weighted by Crippen LogP contribution is 2.41. The number of rotatable bonds is 6. The molecule has 1 aromatic heterocycles. The van der Waals surface area contributed by atoms with E-state index in [0.29, 0.717) is 29.7 Å². The predicted molar refractivity (Wildman–Crippen MR) is 102 cm³/mol. The summed E-state index contributed by atoms with van der Waals surface area (Å²) >= 11 is 0. The number of carboxylic acids is 1. The molecule has 0 bridgehead atoms. The Labute approximate surface area is 163 Å². The number of nitrogens with zero attached hydrogens (tertiary/aromatic N) is 2. The molecule has 0 aliphatic carbocycles. The number of fused-ring (bicyclic) bond motifs is 3. The molecule has 1 N–H and O–H groups in total. The summed E-state index contributed by atoms with van der Waals surface area (Å²) in [5, 5.41) is 20.0. The normalized spacial score (nSPS) is 15.9. The molecule has 3 rings (SSSR count). The molecule has 0 saturated heterocycles. The molecule has 7 heteroatoms. The van der Waals surface area contributed by atoms with Crippen molar-refractivity contribution in [1.29, 1.82) is 5.26 Å². The first kappa shape index (κ1) is 19.9. The Morgan fingerprint density at radius 3 is 2.79 bits per heavy atom. The zero-order valence-electron chi connectivity index (χ0n) is 16.4. The van der Waals surface area contributed by atoms with Gasteiger partial charge in [0.05, 0.1) is 47.7 Å². The van der Waals surface area contributed by atoms with Crippen molar-refractivity contribution in [3.8, 4) is 6.07 Å². The highest BCUT2D eigenvalue weighted by Gasteiger charge is 2.32. The number of aryl methyl sites for hydroxylation is 1. The number of nitriles is 1. The summed E-state index contributed by atoms with van der Waals surface area (Å²) in [6, 6.07) is 3.58. The Morgan fingerprint density at radius 1 is 1.43 bits per heavy atom. The van der Waals surface area contributed by atoms with Crippen LogP contribution in [0, 0.1) is 18.3 Å². The van der Waals surface area contributed by atoms with Gasteiger partial charge in [-0.25, -0.2) is 4.79 Å². The maximum Gasteiger partial charge on any atom is 0.336 e. The van der Waals surface area contributed by atoms with Gasteiger partial charge in [-0.05, 0) is 43.9 Å². The minimum atomic E-state index is -1.10. The second-order valence-electron chi connectivity index (χ2n) is 6.89. The predicted octanol–water partition coefficient (Wildman–Crippen LogP) is 3.50. The van der Waals surface area contributed by atoms with Crippen molar-refractivity contribution in [2.75, 3.05) is 13.2 Å². The first-order chi connectivity index (χ1) is 13.4. The standard InChI is InChI=1S/C21H24N2O5/c1-4-6-16-20-14(7-8-28-16)18-13(10-22)9-15(21(25)26)12(3)19(18)23(20)11-17(24)27-5-2/h9,16H,4-8,11H2,1-3H3,(H,25,26). The number of aromatic nitrogens is 1. The van der Waals surface area contributed by atoms with Crippen LogP contribution in [0.1, 0.15) is 65.5 Å². The maximum atomic E-state index is 12.3. The number of carbonyl (C=O) groups excluding carboxylic acids is 1. The first-order valence-electron chi connectivity index (χ1n) is 9.53. The Balaban J connectivity index is 2.39. The second kappa shape index (κ2) is 8.03. The lowest BCUT2D eigenvalue weighted by Crippen LogP contribution is -2.22. The number of hydrogen-bond donors (Lipinski definition) is 1. The molecule has 1 aromatic carbocycles. The van der Waals surface area contributed by atoms with E-state index in [1.54, 1.807) is 13.8 Å². The van der Waals surface area contributed by atoms with E-state index in [-0.39, 0.29) is 24.8 Å². The molecular formula is C21H24N2O5. The van der Waals surface area contributed by atoms with Gasteiger partial charge in [-0.1, -0.05) is 13.3 Å². The summed E-state index contributed by atoms with van der Waals surface area (Å²) in [5.74, 6) is -1.50. The van der Waals surface area contributed by atoms with E-state index in [9.17, 15) is 20.0 Å². The highest BCUT2D eigenvalue weighted by molar-refractivity contribution is 6.01. The molecule has 0 amide bonds. The summed E-state index contributed by atoms with van der Waals surface area (Å²) in [4.78, 5) is 24.1. The number of ether oxygens (including phenoxy) is 2. The average Bonchev–Trinajstić information content (AvgIpc) is 2.98. The van der Waals surface area contributed by atoms with E-state index in [4.69, 9.17) is 9.47 Å². The summed E-state index contributed by atoms with van der Waals surface area (Å²) < 4.78 is 12.9. The number of carbonyl (C=O) groups is 2. The quantitative estimate of drug-likeness (QED) is 0.765. The zero-order valence-corrected chi connectivity index (χ0v) is 16.4. The fourth-order valence-electron chi connectivity index (χ4n) is 4.12. The van der Waals surface area contributed by atoms with Crippen LogP contribution in [0.4, 0.5) is 0 Å². The van der Waals surface area contributed by atoms with Crippen molar-refractivity contribution in [2.24, 2.45) is 0 Å². The third kappa shape index (κ3) is 3.25. The smallest absolute Gasteiger partial charge is 0.336 e. The van der Waals surface area contributed by atoms with Gasteiger partial charge < -0.3 is 19.1 Å². The highest BCUT2D eigenvalue weighted by atomic mass is 16.5. The SMILES string of the molecule is CCCC1OCCc2c1n(CC(=O)OCC)c1c(C)c(C(=O)O)cc(C#N)c21. The molecule has 1 aliphatic heterocycles. The monoisotopic (exact) mass is 384 g/mol. The van der Waals surface area contributed by atoms with E-state index < -0.39 is 11.9 Å². The molecular weight excluding hydrogens is 360 g/mol. The molecule has 0 spiro atoms. The average molecular weight is 384 g/mol. The van der Waals surface area contributed by atoms with Crippen molar-refractivity contribution in [1.82, 2.24) is 4.57 Å². The van der Waals surface area contributed by atoms with E-state index in [2.05, 4.69) is 13.0 Å². The van der Waals surface area contributed by atoms with Gasteiger partial charge in [-0.3, -0.25) is 4.79 Å². The van der Waals surface area contributed by atoms with Gasteiger partial charge >= 0.3 is 11.9 Å². The Morgan fingerprint density at radius 2 is 2.18 bits per heavy atom. The molecule has 7 nitrogen and oxygen atoms in total. The fourth-order valence-corrected chi connectivity index (χ4v) is 4.12. The number of carboxylic acid groups (broad SMARTS) is 1. The van der Waals surface area contributed by atoms with Gasteiger partial charge in [0.15, 0.2) is 0 Å². The van der Waals surface area contributed by atoms with Crippen molar-refractivity contribution in [2.45, 2.75) is 52.7 Å². The molecule has 2 aromatic rings. The van der Waals surface area contributed by atoms with Crippen LogP contribution in [-0.4, -0.2) is 34.8 Å². The number of aromatic carboxylic acids is 1. The van der Waals surface area contributed by atoms with Crippen molar-refractivity contribution in [3.05, 3.63) is 34.0 Å². The van der Waals surface area contributed by atoms with Gasteiger partial charge in [0.2, 0.25) is 0 Å². The van der Waals surface area contributed by atoms with E-state index in [0.717, 1.165) is 29.5 Å². The fraction of sp³-hybridized carbons (Fsp3) is 0.476. The zero-order chi connectivity index (χ0) is 20.4. The van der Waals surface area contributed by atoms with E-state index >= 15 is 0 Å². The summed E-state index contributed by atoms with van der Waals surface area (Å²) in [5.41, 5.74) is 3.36. The van der Waals surface area contributed by atoms with Gasteiger partial charge in [0.25, 0.3) is 0 Å². The minimum absolute atomic E-state index is 0.0436. The third-order valence-electron chi connectivity index (χ3n) is 5.20. The molecule has 1 aliphatic rings. The maximum absolute atomic E-state index is 12.3. The molecule has 0 fully saturated rings. The van der Waals surface area contributed by atoms with Gasteiger partial charge in [0, 0.05) is 5.39 Å². The Bertz CT molecular complexity index is 983. The van der Waals surface area contributed by atoms with Gasteiger partial charge in [-0.15, -0.1) is 0 Å². The van der Waals surface area contributed by atoms with E-state index in [1.807, 2.05) is 4.57 Å². The Kier molecular flexibility index (Phi) is 5.71. The topological polar surface area (TPSA) is 102 Å². The lowest BCUT2D eigenvalue weighted by atomic mass is 9.94. The Hall–Kier alpha value is -2.85. The van der Waals surface area contributed by atoms with Crippen LogP contribution < -0.4 is 0 Å². The minimum Gasteiger partial charge on any atom is -0.478 e. The molecule has 148 valence electrons. The van der Waals surface area contributed by atoms with Crippen molar-refractivity contribution in [3.63, 3.8) is 0 Å². The number of esters is 1. The summed E-state index contributed by atoms with van der Waals surface area (Å²) in [6.45, 7) is 6.27. The first-order valence-corrected chi connectivity index (χ1v) is 9.53. The van der Waals surface area contributed by atoms with Gasteiger partial charge in [0.1, 0.15) is 6.54 Å². The van der Waals surface area contributed by atoms with Crippen LogP contribution in [0.3, 0.4) is 0 Å². The molecule has 0 saturated carbocycles. The van der Waals surface area contributed by atoms with Gasteiger partial charge in [-0.2, -0.15) is 5.26 Å². The van der Waals surface area contributed by atoms with Crippen LogP contribution >= 0.6 is 0 Å². The largest absolute Gasteiger partial charge is 0.478 e. The lowest BCUT2D eigenvalue weighted by molar-refractivity contribution is -0.143. The second-order valence-corrected chi connectivity index (χ2v) is 6.89. The molecule has 28 heavy (non-hydrogen) atoms. The van der Waals surface area contributed by atoms with Crippen LogP contribution in [0.25, 0.3) is 10.9 Å². The number of benzene rings is 1. The van der Waals surface area contributed by atoms with Crippen LogP contribution in [0.2, 0.25) is 0 Å². The third-order valence-corrected chi connectivity index (χ3v) is 5.20. The molecule has 0 radical (unpaired) electrons. The van der Waals surface area contributed by atoms with E-state index in [1.165, 1.54) is 6.07 Å². The van der Waals surface area contributed by atoms with Crippen LogP contribution in [-0.2, 0) is 27.2 Å². The number of hydrogen-bond acceptors (Lipinski definition) is 5. The molecule has 1 atom stereocenters. The molecule has 2 heterocycles. The van der Waals surface area contributed by atoms with Crippen molar-refractivity contribution >= 4 is 22.8 Å².